The van der Waals surface area contributed by atoms with Crippen LogP contribution < -0.4 is 0 Å². The third-order valence-corrected chi connectivity index (χ3v) is 10.8. The maximum absolute atomic E-state index is 13.4. The van der Waals surface area contributed by atoms with Crippen molar-refractivity contribution < 1.29 is 18.0 Å². The van der Waals surface area contributed by atoms with Gasteiger partial charge in [-0.15, -0.1) is 0 Å². The fourth-order valence-corrected chi connectivity index (χ4v) is 7.64. The molecule has 0 aromatic heterocycles. The lowest BCUT2D eigenvalue weighted by atomic mass is 9.79. The van der Waals surface area contributed by atoms with Crippen molar-refractivity contribution in [2.24, 2.45) is 23.7 Å². The molecule has 6 heteroatoms. The highest BCUT2D eigenvalue weighted by molar-refractivity contribution is 6.00. The molecule has 48 heavy (non-hydrogen) atoms. The van der Waals surface area contributed by atoms with Gasteiger partial charge in [0.2, 0.25) is 0 Å². The maximum atomic E-state index is 13.4. The highest BCUT2D eigenvalue weighted by atomic mass is 19.4. The zero-order valence-corrected chi connectivity index (χ0v) is 30.4. The lowest BCUT2D eigenvalue weighted by Crippen LogP contribution is -2.24. The van der Waals surface area contributed by atoms with Crippen LogP contribution in [0.3, 0.4) is 0 Å². The number of rotatable bonds is 16. The Labute approximate surface area is 289 Å². The Bertz CT molecular complexity index is 1320. The number of ketones is 1. The van der Waals surface area contributed by atoms with E-state index in [4.69, 9.17) is 5.41 Å². The van der Waals surface area contributed by atoms with Crippen LogP contribution in [0.4, 0.5) is 13.2 Å². The van der Waals surface area contributed by atoms with E-state index in [9.17, 15) is 18.0 Å². The molecule has 0 radical (unpaired) electrons. The summed E-state index contributed by atoms with van der Waals surface area (Å²) in [7, 11) is 1.84. The molecule has 3 nitrogen and oxygen atoms in total. The van der Waals surface area contributed by atoms with Crippen molar-refractivity contribution in [3.63, 3.8) is 0 Å². The predicted octanol–water partition coefficient (Wildman–Crippen LogP) is 12.1. The summed E-state index contributed by atoms with van der Waals surface area (Å²) in [5.41, 5.74) is 5.41. The van der Waals surface area contributed by atoms with Crippen LogP contribution in [0, 0.1) is 29.1 Å². The summed E-state index contributed by atoms with van der Waals surface area (Å²) < 4.78 is 40.3. The van der Waals surface area contributed by atoms with Crippen molar-refractivity contribution in [2.45, 2.75) is 136 Å². The van der Waals surface area contributed by atoms with Crippen LogP contribution in [-0.4, -0.2) is 30.2 Å². The summed E-state index contributed by atoms with van der Waals surface area (Å²) in [5, 5.41) is 7.51. The summed E-state index contributed by atoms with van der Waals surface area (Å²) in [6.07, 6.45) is 12.3. The molecule has 2 aliphatic carbocycles. The summed E-state index contributed by atoms with van der Waals surface area (Å²) in [4.78, 5) is 15.1. The Hall–Kier alpha value is -2.89. The standard InChI is InChI=1S/C42H61F3N2O/c1-30(2)37-18-10-14-33(20-22-37)13-9-17-35-24-36(28-42(43,44)45)21-23-40(48)39(26-35)31(3)12-8-15-34-16-11-19-38(25-34)41(5,6)27-32(4)47(7)29-46/h11,16,19,24-26,29-30,33,36-37,46H,3-4,8-10,12-15,17-18,20-23,27-28H2,1-2,5-7H3/b35-24-,39-26-,46-29?. The smallest absolute Gasteiger partial charge is 0.340 e. The largest absolute Gasteiger partial charge is 0.389 e. The number of halogens is 3. The fraction of sp³-hybridized carbons (Fsp3) is 0.619. The fourth-order valence-electron chi connectivity index (χ4n) is 7.64. The van der Waals surface area contributed by atoms with Crippen molar-refractivity contribution in [1.82, 2.24) is 4.90 Å². The number of benzene rings is 1. The van der Waals surface area contributed by atoms with Gasteiger partial charge in [-0.05, 0) is 103 Å². The lowest BCUT2D eigenvalue weighted by molar-refractivity contribution is -0.142. The van der Waals surface area contributed by atoms with E-state index in [-0.39, 0.29) is 24.0 Å². The van der Waals surface area contributed by atoms with E-state index in [0.29, 0.717) is 24.3 Å². The van der Waals surface area contributed by atoms with Gasteiger partial charge < -0.3 is 4.90 Å². The van der Waals surface area contributed by atoms with Crippen molar-refractivity contribution in [1.29, 1.82) is 5.41 Å². The van der Waals surface area contributed by atoms with Crippen molar-refractivity contribution in [3.05, 3.63) is 83.1 Å². The average molecular weight is 667 g/mol. The summed E-state index contributed by atoms with van der Waals surface area (Å²) >= 11 is 0. The molecule has 0 saturated heterocycles. The highest BCUT2D eigenvalue weighted by Gasteiger charge is 2.32. The van der Waals surface area contributed by atoms with E-state index in [2.05, 4.69) is 65.1 Å². The maximum Gasteiger partial charge on any atom is 0.389 e. The zero-order valence-electron chi connectivity index (χ0n) is 30.4. The molecule has 0 bridgehead atoms. The number of alkyl halides is 3. The predicted molar refractivity (Wildman–Crippen MR) is 195 cm³/mol. The van der Waals surface area contributed by atoms with Crippen molar-refractivity contribution >= 4 is 12.1 Å². The van der Waals surface area contributed by atoms with Crippen LogP contribution in [0.5, 0.6) is 0 Å². The molecule has 1 N–H and O–H groups in total. The van der Waals surface area contributed by atoms with Gasteiger partial charge in [-0.3, -0.25) is 10.2 Å². The van der Waals surface area contributed by atoms with Crippen molar-refractivity contribution in [2.75, 3.05) is 7.05 Å². The second-order valence-electron chi connectivity index (χ2n) is 15.6. The van der Waals surface area contributed by atoms with Gasteiger partial charge in [-0.25, -0.2) is 0 Å². The lowest BCUT2D eigenvalue weighted by Gasteiger charge is -2.29. The number of nitrogens with one attached hydrogen (secondary N) is 1. The molecule has 0 spiro atoms. The Balaban J connectivity index is 1.67. The number of Topliss-reactive ketones (excluding diaryl/α,β-unsaturated/α-hetero) is 1. The zero-order chi connectivity index (χ0) is 35.5. The molecule has 266 valence electrons. The first kappa shape index (κ1) is 39.5. The van der Waals surface area contributed by atoms with Gasteiger partial charge in [0.1, 0.15) is 0 Å². The van der Waals surface area contributed by atoms with Crippen LogP contribution in [0.25, 0.3) is 0 Å². The van der Waals surface area contributed by atoms with Crippen LogP contribution >= 0.6 is 0 Å². The van der Waals surface area contributed by atoms with Gasteiger partial charge in [0.25, 0.3) is 0 Å². The number of nitrogens with zero attached hydrogens (tertiary/aromatic N) is 1. The number of aryl methyl sites for hydroxylation is 1. The average Bonchev–Trinajstić information content (AvgIpc) is 3.26. The van der Waals surface area contributed by atoms with Crippen LogP contribution in [0.2, 0.25) is 0 Å². The SMILES string of the molecule is C=C(CCCc1cccc(C(C)(C)CC(=C)N(C)C=N)c1)/C1=C/C(CCCC2CCCC(C(C)C)CC2)=C\C(CC(F)(F)F)CCC1=O. The van der Waals surface area contributed by atoms with Gasteiger partial charge in [0.05, 0.1) is 6.34 Å². The summed E-state index contributed by atoms with van der Waals surface area (Å²) in [6.45, 7) is 17.5. The molecule has 0 heterocycles. The monoisotopic (exact) mass is 666 g/mol. The topological polar surface area (TPSA) is 44.2 Å². The van der Waals surface area contributed by atoms with Crippen LogP contribution in [0.15, 0.2) is 72.0 Å². The Morgan fingerprint density at radius 1 is 1.06 bits per heavy atom. The Morgan fingerprint density at radius 2 is 1.81 bits per heavy atom. The number of allylic oxidation sites excluding steroid dienone is 6. The first-order chi connectivity index (χ1) is 22.6. The van der Waals surface area contributed by atoms with Crippen LogP contribution in [0.1, 0.15) is 129 Å². The Kier molecular flexibility index (Phi) is 15.0. The number of carbonyl (C=O) groups excluding carboxylic acids is 1. The van der Waals surface area contributed by atoms with E-state index in [1.807, 2.05) is 19.2 Å². The summed E-state index contributed by atoms with van der Waals surface area (Å²) in [6, 6.07) is 8.58. The molecule has 3 rings (SSSR count). The molecular weight excluding hydrogens is 605 g/mol. The molecule has 1 saturated carbocycles. The van der Waals surface area contributed by atoms with E-state index < -0.39 is 18.5 Å². The van der Waals surface area contributed by atoms with Gasteiger partial charge in [-0.1, -0.05) is 109 Å². The van der Waals surface area contributed by atoms with Gasteiger partial charge in [-0.2, -0.15) is 13.2 Å². The summed E-state index contributed by atoms with van der Waals surface area (Å²) in [5.74, 6) is 1.45. The normalized spacial score (nSPS) is 23.3. The minimum atomic E-state index is -4.25. The molecule has 3 unspecified atom stereocenters. The number of carbonyl (C=O) groups is 1. The highest BCUT2D eigenvalue weighted by Crippen LogP contribution is 2.37. The van der Waals surface area contributed by atoms with E-state index in [1.165, 1.54) is 49.6 Å². The molecule has 3 atom stereocenters. The number of hydrogen-bond donors (Lipinski definition) is 1. The first-order valence-electron chi connectivity index (χ1n) is 18.3. The second-order valence-corrected chi connectivity index (χ2v) is 15.6. The molecule has 1 fully saturated rings. The van der Waals surface area contributed by atoms with Gasteiger partial charge in [0.15, 0.2) is 5.78 Å². The van der Waals surface area contributed by atoms with Gasteiger partial charge in [0, 0.05) is 31.2 Å². The minimum absolute atomic E-state index is 0.0832. The third kappa shape index (κ3) is 12.9. The van der Waals surface area contributed by atoms with E-state index in [1.54, 1.807) is 4.90 Å². The molecule has 1 aromatic rings. The van der Waals surface area contributed by atoms with Crippen LogP contribution in [-0.2, 0) is 16.6 Å². The van der Waals surface area contributed by atoms with Gasteiger partial charge >= 0.3 is 6.18 Å². The molecule has 2 aliphatic rings. The second kappa shape index (κ2) is 18.2. The first-order valence-corrected chi connectivity index (χ1v) is 18.3. The molecule has 0 aliphatic heterocycles. The molecule has 1 aromatic carbocycles. The van der Waals surface area contributed by atoms with E-state index in [0.717, 1.165) is 60.8 Å². The number of hydrogen-bond acceptors (Lipinski definition) is 2. The van der Waals surface area contributed by atoms with Crippen molar-refractivity contribution in [3.8, 4) is 0 Å². The Morgan fingerprint density at radius 3 is 2.50 bits per heavy atom. The molecule has 0 amide bonds. The van der Waals surface area contributed by atoms with E-state index >= 15 is 0 Å². The third-order valence-electron chi connectivity index (χ3n) is 10.8. The minimum Gasteiger partial charge on any atom is -0.340 e. The quantitative estimate of drug-likeness (QED) is 0.108. The molecular formula is C42H61F3N2O.